The molecule has 0 radical (unpaired) electrons. The molecule has 0 saturated carbocycles. The molecule has 0 bridgehead atoms. The van der Waals surface area contributed by atoms with E-state index < -0.39 is 5.97 Å². The standard InChI is InChI=1S/C20H34O2/c1-2-3-4-5-6-7-8-9-10-11-12-13-14-15-16-17-18-19-20(21)22/h6-7,9-12H,2-5,8,13-19H2,1H3,(H,21,22)/b7-6?,10-9?,12-11-. The van der Waals surface area contributed by atoms with E-state index in [4.69, 9.17) is 5.11 Å². The van der Waals surface area contributed by atoms with Crippen molar-refractivity contribution in [1.82, 2.24) is 0 Å². The molecule has 22 heavy (non-hydrogen) atoms. The van der Waals surface area contributed by atoms with Crippen LogP contribution in [0.3, 0.4) is 0 Å². The lowest BCUT2D eigenvalue weighted by atomic mass is 10.1. The van der Waals surface area contributed by atoms with Crippen LogP contribution in [0.4, 0.5) is 0 Å². The predicted octanol–water partition coefficient (Wildman–Crippen LogP) is 6.44. The van der Waals surface area contributed by atoms with E-state index in [0.717, 1.165) is 32.1 Å². The summed E-state index contributed by atoms with van der Waals surface area (Å²) in [5, 5.41) is 8.52. The highest BCUT2D eigenvalue weighted by molar-refractivity contribution is 5.66. The highest BCUT2D eigenvalue weighted by Gasteiger charge is 1.95. The smallest absolute Gasteiger partial charge is 0.303 e. The summed E-state index contributed by atoms with van der Waals surface area (Å²) in [6.07, 6.45) is 26.2. The first-order valence-corrected chi connectivity index (χ1v) is 8.95. The first-order valence-electron chi connectivity index (χ1n) is 8.95. The van der Waals surface area contributed by atoms with Crippen LogP contribution in [0.25, 0.3) is 0 Å². The Labute approximate surface area is 137 Å². The second kappa shape index (κ2) is 17.7. The van der Waals surface area contributed by atoms with E-state index in [0.29, 0.717) is 6.42 Å². The first kappa shape index (κ1) is 20.7. The monoisotopic (exact) mass is 306 g/mol. The maximum atomic E-state index is 10.3. The van der Waals surface area contributed by atoms with Gasteiger partial charge in [-0.25, -0.2) is 0 Å². The molecule has 2 nitrogen and oxygen atoms in total. The molecule has 2 heteroatoms. The number of allylic oxidation sites excluding steroid dienone is 6. The van der Waals surface area contributed by atoms with Gasteiger partial charge in [0.1, 0.15) is 0 Å². The number of aliphatic carboxylic acids is 1. The Morgan fingerprint density at radius 3 is 2.18 bits per heavy atom. The van der Waals surface area contributed by atoms with Crippen molar-refractivity contribution in [1.29, 1.82) is 0 Å². The summed E-state index contributed by atoms with van der Waals surface area (Å²) in [6.45, 7) is 2.23. The summed E-state index contributed by atoms with van der Waals surface area (Å²) < 4.78 is 0. The van der Waals surface area contributed by atoms with Crippen LogP contribution in [0, 0.1) is 0 Å². The summed E-state index contributed by atoms with van der Waals surface area (Å²) in [5.74, 6) is -0.675. The Balaban J connectivity index is 3.29. The Hall–Kier alpha value is -1.31. The van der Waals surface area contributed by atoms with E-state index in [2.05, 4.69) is 43.4 Å². The molecule has 126 valence electrons. The van der Waals surface area contributed by atoms with Crippen LogP contribution >= 0.6 is 0 Å². The number of hydrogen-bond acceptors (Lipinski definition) is 1. The number of hydrogen-bond donors (Lipinski definition) is 1. The van der Waals surface area contributed by atoms with Crippen LogP contribution in [0.2, 0.25) is 0 Å². The minimum Gasteiger partial charge on any atom is -0.481 e. The van der Waals surface area contributed by atoms with Gasteiger partial charge >= 0.3 is 5.97 Å². The number of unbranched alkanes of at least 4 members (excludes halogenated alkanes) is 8. The lowest BCUT2D eigenvalue weighted by molar-refractivity contribution is -0.137. The average molecular weight is 306 g/mol. The zero-order valence-electron chi connectivity index (χ0n) is 14.3. The predicted molar refractivity (Wildman–Crippen MR) is 96.1 cm³/mol. The van der Waals surface area contributed by atoms with Gasteiger partial charge in [-0.2, -0.15) is 0 Å². The summed E-state index contributed by atoms with van der Waals surface area (Å²) in [6, 6.07) is 0. The largest absolute Gasteiger partial charge is 0.481 e. The van der Waals surface area contributed by atoms with Crippen molar-refractivity contribution in [2.75, 3.05) is 0 Å². The summed E-state index contributed by atoms with van der Waals surface area (Å²) in [5.41, 5.74) is 0. The van der Waals surface area contributed by atoms with Crippen molar-refractivity contribution >= 4 is 5.97 Å². The van der Waals surface area contributed by atoms with Crippen LogP contribution in [-0.2, 0) is 4.79 Å². The van der Waals surface area contributed by atoms with Gasteiger partial charge in [-0.05, 0) is 38.5 Å². The fourth-order valence-corrected chi connectivity index (χ4v) is 2.21. The molecule has 0 spiro atoms. The Morgan fingerprint density at radius 2 is 1.41 bits per heavy atom. The van der Waals surface area contributed by atoms with Gasteiger partial charge in [0.15, 0.2) is 0 Å². The second-order valence-corrected chi connectivity index (χ2v) is 5.76. The third kappa shape index (κ3) is 18.7. The maximum absolute atomic E-state index is 10.3. The highest BCUT2D eigenvalue weighted by Crippen LogP contribution is 2.07. The quantitative estimate of drug-likeness (QED) is 0.215. The number of carboxylic acids is 1. The van der Waals surface area contributed by atoms with Gasteiger partial charge in [0.25, 0.3) is 0 Å². The van der Waals surface area contributed by atoms with Gasteiger partial charge in [-0.3, -0.25) is 4.79 Å². The molecule has 0 aliphatic carbocycles. The number of carbonyl (C=O) groups is 1. The fraction of sp³-hybridized carbons (Fsp3) is 0.650. The topological polar surface area (TPSA) is 37.3 Å². The molecule has 0 fully saturated rings. The van der Waals surface area contributed by atoms with E-state index in [1.807, 2.05) is 0 Å². The van der Waals surface area contributed by atoms with Crippen LogP contribution in [0.15, 0.2) is 36.5 Å². The third-order valence-corrected chi connectivity index (χ3v) is 3.56. The van der Waals surface area contributed by atoms with E-state index in [9.17, 15) is 4.79 Å². The first-order chi connectivity index (χ1) is 10.8. The third-order valence-electron chi connectivity index (χ3n) is 3.56. The van der Waals surface area contributed by atoms with Gasteiger partial charge < -0.3 is 5.11 Å². The molecule has 0 aliphatic heterocycles. The zero-order chi connectivity index (χ0) is 16.3. The van der Waals surface area contributed by atoms with E-state index in [-0.39, 0.29) is 0 Å². The Morgan fingerprint density at radius 1 is 0.773 bits per heavy atom. The van der Waals surface area contributed by atoms with E-state index >= 15 is 0 Å². The molecule has 0 amide bonds. The van der Waals surface area contributed by atoms with Crippen molar-refractivity contribution in [3.63, 3.8) is 0 Å². The number of rotatable bonds is 15. The van der Waals surface area contributed by atoms with Crippen LogP contribution in [0.1, 0.15) is 84.0 Å². The van der Waals surface area contributed by atoms with Gasteiger partial charge in [-0.1, -0.05) is 75.5 Å². The average Bonchev–Trinajstić information content (AvgIpc) is 2.50. The molecule has 0 unspecified atom stereocenters. The Kier molecular flexibility index (Phi) is 16.7. The van der Waals surface area contributed by atoms with Crippen LogP contribution < -0.4 is 0 Å². The maximum Gasteiger partial charge on any atom is 0.303 e. The molecule has 0 heterocycles. The molecule has 0 aromatic carbocycles. The van der Waals surface area contributed by atoms with Crippen molar-refractivity contribution in [2.24, 2.45) is 0 Å². The molecule has 0 rings (SSSR count). The molecule has 1 N–H and O–H groups in total. The molecule has 0 atom stereocenters. The SMILES string of the molecule is CCCCCC=CCC=C/C=C\CCCCCCCC(=O)O. The van der Waals surface area contributed by atoms with Crippen LogP contribution in [-0.4, -0.2) is 11.1 Å². The van der Waals surface area contributed by atoms with Crippen molar-refractivity contribution in [2.45, 2.75) is 84.0 Å². The lowest BCUT2D eigenvalue weighted by Gasteiger charge is -1.97. The van der Waals surface area contributed by atoms with Crippen molar-refractivity contribution in [3.8, 4) is 0 Å². The minimum absolute atomic E-state index is 0.317. The molecule has 0 saturated heterocycles. The summed E-state index contributed by atoms with van der Waals surface area (Å²) in [4.78, 5) is 10.3. The number of carboxylic acid groups (broad SMARTS) is 1. The van der Waals surface area contributed by atoms with E-state index in [1.165, 1.54) is 38.5 Å². The van der Waals surface area contributed by atoms with Gasteiger partial charge in [0, 0.05) is 6.42 Å². The molecular formula is C20H34O2. The second-order valence-electron chi connectivity index (χ2n) is 5.76. The summed E-state index contributed by atoms with van der Waals surface area (Å²) in [7, 11) is 0. The van der Waals surface area contributed by atoms with Crippen molar-refractivity contribution < 1.29 is 9.90 Å². The molecular weight excluding hydrogens is 272 g/mol. The highest BCUT2D eigenvalue weighted by atomic mass is 16.4. The normalized spacial score (nSPS) is 12.0. The Bertz CT molecular complexity index is 327. The van der Waals surface area contributed by atoms with Crippen molar-refractivity contribution in [3.05, 3.63) is 36.5 Å². The molecule has 0 aliphatic rings. The zero-order valence-corrected chi connectivity index (χ0v) is 14.3. The molecule has 0 aromatic rings. The van der Waals surface area contributed by atoms with E-state index in [1.54, 1.807) is 0 Å². The summed E-state index contributed by atoms with van der Waals surface area (Å²) >= 11 is 0. The fourth-order valence-electron chi connectivity index (χ4n) is 2.21. The van der Waals surface area contributed by atoms with Gasteiger partial charge in [-0.15, -0.1) is 0 Å². The minimum atomic E-state index is -0.675. The van der Waals surface area contributed by atoms with Gasteiger partial charge in [0.2, 0.25) is 0 Å². The lowest BCUT2D eigenvalue weighted by Crippen LogP contribution is -1.93. The van der Waals surface area contributed by atoms with Gasteiger partial charge in [0.05, 0.1) is 0 Å². The van der Waals surface area contributed by atoms with Crippen LogP contribution in [0.5, 0.6) is 0 Å². The molecule has 0 aromatic heterocycles.